The van der Waals surface area contributed by atoms with Crippen LogP contribution in [0.5, 0.6) is 0 Å². The first-order chi connectivity index (χ1) is 11.1. The molecule has 0 unspecified atom stereocenters. The molecular formula is C18H32N4O2. The van der Waals surface area contributed by atoms with Gasteiger partial charge < -0.3 is 15.0 Å². The minimum atomic E-state index is -0.447. The van der Waals surface area contributed by atoms with Gasteiger partial charge in [-0.3, -0.25) is 4.68 Å². The molecule has 2 heterocycles. The van der Waals surface area contributed by atoms with Crippen molar-refractivity contribution in [3.05, 3.63) is 11.4 Å². The van der Waals surface area contributed by atoms with Crippen LogP contribution in [0.1, 0.15) is 51.9 Å². The zero-order chi connectivity index (χ0) is 18.1. The third kappa shape index (κ3) is 4.42. The highest BCUT2D eigenvalue weighted by Gasteiger charge is 2.30. The number of aromatic nitrogens is 2. The van der Waals surface area contributed by atoms with Crippen LogP contribution in [-0.4, -0.2) is 45.5 Å². The molecule has 0 spiro atoms. The molecule has 136 valence electrons. The van der Waals surface area contributed by atoms with E-state index in [0.717, 1.165) is 43.0 Å². The highest BCUT2D eigenvalue weighted by molar-refractivity contribution is 5.68. The molecule has 0 saturated carbocycles. The Labute approximate surface area is 145 Å². The lowest BCUT2D eigenvalue weighted by atomic mass is 9.91. The molecule has 0 radical (unpaired) electrons. The van der Waals surface area contributed by atoms with Gasteiger partial charge in [-0.2, -0.15) is 5.10 Å². The summed E-state index contributed by atoms with van der Waals surface area (Å²) >= 11 is 0. The minimum absolute atomic E-state index is 0.201. The fraction of sp³-hybridized carbons (Fsp3) is 0.778. The number of anilines is 1. The lowest BCUT2D eigenvalue weighted by molar-refractivity contribution is 0.0159. The molecule has 0 bridgehead atoms. The molecule has 24 heavy (non-hydrogen) atoms. The van der Waals surface area contributed by atoms with Crippen molar-refractivity contribution in [2.24, 2.45) is 13.0 Å². The number of nitrogens with one attached hydrogen (secondary N) is 1. The molecule has 1 N–H and O–H groups in total. The SMILES string of the molecule is Cc1nn(C)c(C)c1N[C@@H](C)[C@@H]1CCCN(C(=O)OC(C)(C)C)C1. The summed E-state index contributed by atoms with van der Waals surface area (Å²) in [6.45, 7) is 13.5. The topological polar surface area (TPSA) is 59.4 Å². The van der Waals surface area contributed by atoms with Crippen LogP contribution in [0.25, 0.3) is 0 Å². The second-order valence-corrected chi connectivity index (χ2v) is 7.93. The number of carbonyl (C=O) groups excluding carboxylic acids is 1. The molecule has 1 aliphatic heterocycles. The van der Waals surface area contributed by atoms with Crippen molar-refractivity contribution in [3.63, 3.8) is 0 Å². The number of piperidine rings is 1. The van der Waals surface area contributed by atoms with Crippen molar-refractivity contribution in [2.75, 3.05) is 18.4 Å². The van der Waals surface area contributed by atoms with Crippen molar-refractivity contribution in [1.82, 2.24) is 14.7 Å². The summed E-state index contributed by atoms with van der Waals surface area (Å²) in [5.41, 5.74) is 2.82. The van der Waals surface area contributed by atoms with Crippen LogP contribution < -0.4 is 5.32 Å². The van der Waals surface area contributed by atoms with Crippen LogP contribution in [0.2, 0.25) is 0 Å². The number of amides is 1. The third-order valence-electron chi connectivity index (χ3n) is 4.70. The predicted molar refractivity (Wildman–Crippen MR) is 96.3 cm³/mol. The van der Waals surface area contributed by atoms with E-state index < -0.39 is 5.60 Å². The number of ether oxygens (including phenoxy) is 1. The van der Waals surface area contributed by atoms with E-state index in [9.17, 15) is 4.79 Å². The van der Waals surface area contributed by atoms with Crippen molar-refractivity contribution >= 4 is 11.8 Å². The lowest BCUT2D eigenvalue weighted by Gasteiger charge is -2.37. The van der Waals surface area contributed by atoms with Gasteiger partial charge in [-0.15, -0.1) is 0 Å². The standard InChI is InChI=1S/C18H32N4O2/c1-12(19-16-13(2)20-21(7)14(16)3)15-9-8-10-22(11-15)17(23)24-18(4,5)6/h12,15,19H,8-11H2,1-7H3/t12-,15+/m0/s1. The molecule has 1 aliphatic rings. The first-order valence-corrected chi connectivity index (χ1v) is 8.83. The Kier molecular flexibility index (Phi) is 5.45. The summed E-state index contributed by atoms with van der Waals surface area (Å²) in [7, 11) is 1.96. The van der Waals surface area contributed by atoms with Crippen molar-refractivity contribution < 1.29 is 9.53 Å². The fourth-order valence-electron chi connectivity index (χ4n) is 3.24. The first kappa shape index (κ1) is 18.6. The monoisotopic (exact) mass is 336 g/mol. The first-order valence-electron chi connectivity index (χ1n) is 8.83. The highest BCUT2D eigenvalue weighted by Crippen LogP contribution is 2.26. The number of hydrogen-bond acceptors (Lipinski definition) is 4. The summed E-state index contributed by atoms with van der Waals surface area (Å²) in [5.74, 6) is 0.408. The fourth-order valence-corrected chi connectivity index (χ4v) is 3.24. The molecule has 1 fully saturated rings. The van der Waals surface area contributed by atoms with E-state index in [-0.39, 0.29) is 12.1 Å². The maximum atomic E-state index is 12.3. The smallest absolute Gasteiger partial charge is 0.410 e. The quantitative estimate of drug-likeness (QED) is 0.918. The van der Waals surface area contributed by atoms with Crippen LogP contribution in [0, 0.1) is 19.8 Å². The number of aryl methyl sites for hydroxylation is 2. The van der Waals surface area contributed by atoms with Gasteiger partial charge in [0, 0.05) is 26.2 Å². The van der Waals surface area contributed by atoms with E-state index in [1.807, 2.05) is 44.3 Å². The van der Waals surface area contributed by atoms with E-state index in [1.54, 1.807) is 0 Å². The van der Waals surface area contributed by atoms with E-state index in [0.29, 0.717) is 5.92 Å². The van der Waals surface area contributed by atoms with Crippen molar-refractivity contribution in [2.45, 2.75) is 66.0 Å². The molecule has 6 nitrogen and oxygen atoms in total. The summed E-state index contributed by atoms with van der Waals surface area (Å²) < 4.78 is 7.42. The van der Waals surface area contributed by atoms with Gasteiger partial charge in [-0.1, -0.05) is 0 Å². The molecule has 2 rings (SSSR count). The van der Waals surface area contributed by atoms with Gasteiger partial charge in [0.05, 0.1) is 17.1 Å². The minimum Gasteiger partial charge on any atom is -0.444 e. The molecule has 6 heteroatoms. The summed E-state index contributed by atoms with van der Waals surface area (Å²) in [4.78, 5) is 14.2. The molecule has 1 saturated heterocycles. The highest BCUT2D eigenvalue weighted by atomic mass is 16.6. The van der Waals surface area contributed by atoms with Crippen LogP contribution in [0.3, 0.4) is 0 Å². The number of hydrogen-bond donors (Lipinski definition) is 1. The molecule has 1 aromatic rings. The average Bonchev–Trinajstić information content (AvgIpc) is 2.72. The van der Waals surface area contributed by atoms with Crippen LogP contribution >= 0.6 is 0 Å². The Morgan fingerprint density at radius 3 is 2.58 bits per heavy atom. The lowest BCUT2D eigenvalue weighted by Crippen LogP contribution is -2.46. The Balaban J connectivity index is 1.99. The van der Waals surface area contributed by atoms with E-state index in [2.05, 4.69) is 24.3 Å². The van der Waals surface area contributed by atoms with Gasteiger partial charge in [0.1, 0.15) is 5.60 Å². The Morgan fingerprint density at radius 2 is 2.04 bits per heavy atom. The van der Waals surface area contributed by atoms with E-state index >= 15 is 0 Å². The molecule has 0 aliphatic carbocycles. The van der Waals surface area contributed by atoms with Crippen LogP contribution in [0.4, 0.5) is 10.5 Å². The summed E-state index contributed by atoms with van der Waals surface area (Å²) in [6.07, 6.45) is 1.93. The Morgan fingerprint density at radius 1 is 1.38 bits per heavy atom. The van der Waals surface area contributed by atoms with Crippen LogP contribution in [-0.2, 0) is 11.8 Å². The number of likely N-dealkylation sites (tertiary alicyclic amines) is 1. The number of rotatable bonds is 3. The molecule has 1 aromatic heterocycles. The Hall–Kier alpha value is -1.72. The molecular weight excluding hydrogens is 304 g/mol. The number of nitrogens with zero attached hydrogens (tertiary/aromatic N) is 3. The van der Waals surface area contributed by atoms with Gasteiger partial charge in [-0.05, 0) is 60.3 Å². The predicted octanol–water partition coefficient (Wildman–Crippen LogP) is 3.48. The molecule has 0 aromatic carbocycles. The van der Waals surface area contributed by atoms with Crippen molar-refractivity contribution in [1.29, 1.82) is 0 Å². The zero-order valence-corrected chi connectivity index (χ0v) is 16.1. The molecule has 2 atom stereocenters. The molecule has 1 amide bonds. The average molecular weight is 336 g/mol. The van der Waals surface area contributed by atoms with Crippen molar-refractivity contribution in [3.8, 4) is 0 Å². The summed E-state index contributed by atoms with van der Waals surface area (Å²) in [6, 6.07) is 0.275. The van der Waals surface area contributed by atoms with Crippen LogP contribution in [0.15, 0.2) is 0 Å². The van der Waals surface area contributed by atoms with Gasteiger partial charge in [0.2, 0.25) is 0 Å². The second-order valence-electron chi connectivity index (χ2n) is 7.93. The van der Waals surface area contributed by atoms with E-state index in [1.165, 1.54) is 0 Å². The summed E-state index contributed by atoms with van der Waals surface area (Å²) in [5, 5.41) is 8.08. The normalized spacial score (nSPS) is 20.0. The van der Waals surface area contributed by atoms with Gasteiger partial charge in [0.15, 0.2) is 0 Å². The van der Waals surface area contributed by atoms with E-state index in [4.69, 9.17) is 4.74 Å². The zero-order valence-electron chi connectivity index (χ0n) is 16.1. The van der Waals surface area contributed by atoms with Gasteiger partial charge in [-0.25, -0.2) is 4.79 Å². The van der Waals surface area contributed by atoms with Gasteiger partial charge >= 0.3 is 6.09 Å². The maximum absolute atomic E-state index is 12.3. The third-order valence-corrected chi connectivity index (χ3v) is 4.70. The largest absolute Gasteiger partial charge is 0.444 e. The second kappa shape index (κ2) is 7.03. The number of carbonyl (C=O) groups is 1. The Bertz CT molecular complexity index is 589. The maximum Gasteiger partial charge on any atom is 0.410 e. The van der Waals surface area contributed by atoms with Gasteiger partial charge in [0.25, 0.3) is 0 Å².